The summed E-state index contributed by atoms with van der Waals surface area (Å²) in [6, 6.07) is -1.83. The first-order valence-corrected chi connectivity index (χ1v) is 6.81. The van der Waals surface area contributed by atoms with Crippen LogP contribution < -0.4 is 16.0 Å². The van der Waals surface area contributed by atoms with E-state index in [1.807, 2.05) is 6.26 Å². The summed E-state index contributed by atoms with van der Waals surface area (Å²) in [4.78, 5) is 35.3. The van der Waals surface area contributed by atoms with Gasteiger partial charge in [0.05, 0.1) is 0 Å². The molecule has 0 saturated carbocycles. The number of nitrogens with zero attached hydrogens (tertiary/aromatic N) is 1. The Hall–Kier alpha value is -1.64. The lowest BCUT2D eigenvalue weighted by molar-refractivity contribution is -0.142. The maximum atomic E-state index is 11.8. The van der Waals surface area contributed by atoms with Crippen molar-refractivity contribution in [3.05, 3.63) is 0 Å². The van der Waals surface area contributed by atoms with Crippen molar-refractivity contribution in [3.63, 3.8) is 0 Å². The Bertz CT molecular complexity index is 391. The predicted molar refractivity (Wildman–Crippen MR) is 64.0 cm³/mol. The standard InChI is InChI=1S/C9H14N4O4S/c1-18-3-2-4(7(14)15)13-6-5(11-9(13)17)10-8(16)12-6/h4-6H,2-3H2,1H3,(H,11,17)(H,14,15)(H2,10,12,16)/t4?,5-,6+/m0/s1. The molecule has 0 aromatic heterocycles. The lowest BCUT2D eigenvalue weighted by Crippen LogP contribution is -2.52. The minimum atomic E-state index is -1.07. The highest BCUT2D eigenvalue weighted by atomic mass is 32.2. The Labute approximate surface area is 107 Å². The van der Waals surface area contributed by atoms with Gasteiger partial charge in [0.2, 0.25) is 0 Å². The molecule has 2 fully saturated rings. The minimum Gasteiger partial charge on any atom is -0.480 e. The second-order valence-corrected chi connectivity index (χ2v) is 5.02. The van der Waals surface area contributed by atoms with Gasteiger partial charge in [-0.05, 0) is 18.4 Å². The van der Waals surface area contributed by atoms with E-state index in [1.165, 1.54) is 16.7 Å². The van der Waals surface area contributed by atoms with Gasteiger partial charge in [-0.3, -0.25) is 4.90 Å². The molecule has 2 heterocycles. The molecule has 4 N–H and O–H groups in total. The minimum absolute atomic E-state index is 0.336. The van der Waals surface area contributed by atoms with E-state index in [0.29, 0.717) is 12.2 Å². The Morgan fingerprint density at radius 3 is 2.78 bits per heavy atom. The number of carbonyl (C=O) groups is 3. The molecule has 3 atom stereocenters. The summed E-state index contributed by atoms with van der Waals surface area (Å²) in [5, 5.41) is 16.8. The first-order chi connectivity index (χ1) is 8.54. The van der Waals surface area contributed by atoms with Crippen LogP contribution in [0.2, 0.25) is 0 Å². The van der Waals surface area contributed by atoms with Crippen LogP contribution in [0.25, 0.3) is 0 Å². The van der Waals surface area contributed by atoms with E-state index in [2.05, 4.69) is 16.0 Å². The maximum absolute atomic E-state index is 11.8. The number of aliphatic carboxylic acids is 1. The summed E-state index contributed by atoms with van der Waals surface area (Å²) in [7, 11) is 0. The molecule has 4 amide bonds. The van der Waals surface area contributed by atoms with Crippen LogP contribution in [0.3, 0.4) is 0 Å². The average molecular weight is 274 g/mol. The van der Waals surface area contributed by atoms with Gasteiger partial charge in [0, 0.05) is 0 Å². The fraction of sp³-hybridized carbons (Fsp3) is 0.667. The molecule has 0 spiro atoms. The number of carboxylic acids is 1. The van der Waals surface area contributed by atoms with Crippen molar-refractivity contribution < 1.29 is 19.5 Å². The SMILES string of the molecule is CSCCC(C(=O)O)N1C(=O)N[C@@H]2NC(=O)N[C@@H]21. The number of amides is 4. The second kappa shape index (κ2) is 4.92. The number of hydrogen-bond donors (Lipinski definition) is 4. The van der Waals surface area contributed by atoms with Crippen LogP contribution in [0.15, 0.2) is 0 Å². The molecule has 1 unspecified atom stereocenters. The van der Waals surface area contributed by atoms with Crippen molar-refractivity contribution in [1.29, 1.82) is 0 Å². The second-order valence-electron chi connectivity index (χ2n) is 4.03. The van der Waals surface area contributed by atoms with Gasteiger partial charge in [-0.2, -0.15) is 11.8 Å². The number of carboxylic acid groups (broad SMARTS) is 1. The third-order valence-electron chi connectivity index (χ3n) is 2.91. The van der Waals surface area contributed by atoms with E-state index < -0.39 is 36.4 Å². The summed E-state index contributed by atoms with van der Waals surface area (Å²) in [6.45, 7) is 0. The first-order valence-electron chi connectivity index (χ1n) is 5.42. The van der Waals surface area contributed by atoms with Crippen LogP contribution in [0.5, 0.6) is 0 Å². The number of urea groups is 2. The van der Waals surface area contributed by atoms with Gasteiger partial charge < -0.3 is 21.1 Å². The number of nitrogens with one attached hydrogen (secondary N) is 3. The van der Waals surface area contributed by atoms with Crippen molar-refractivity contribution in [1.82, 2.24) is 20.9 Å². The van der Waals surface area contributed by atoms with Crippen LogP contribution >= 0.6 is 11.8 Å². The van der Waals surface area contributed by atoms with Gasteiger partial charge in [-0.25, -0.2) is 14.4 Å². The zero-order chi connectivity index (χ0) is 13.3. The summed E-state index contributed by atoms with van der Waals surface area (Å²) < 4.78 is 0. The molecule has 0 aliphatic carbocycles. The molecule has 2 saturated heterocycles. The highest BCUT2D eigenvalue weighted by Crippen LogP contribution is 2.20. The summed E-state index contributed by atoms with van der Waals surface area (Å²) in [6.07, 6.45) is 0.988. The number of fused-ring (bicyclic) bond motifs is 1. The maximum Gasteiger partial charge on any atom is 0.326 e. The predicted octanol–water partition coefficient (Wildman–Crippen LogP) is -0.817. The summed E-state index contributed by atoms with van der Waals surface area (Å²) in [5.41, 5.74) is 0. The summed E-state index contributed by atoms with van der Waals surface area (Å²) >= 11 is 1.51. The molecule has 9 heteroatoms. The van der Waals surface area contributed by atoms with Crippen LogP contribution in [0, 0.1) is 0 Å². The Morgan fingerprint density at radius 1 is 1.44 bits per heavy atom. The normalized spacial score (nSPS) is 27.3. The van der Waals surface area contributed by atoms with E-state index in [-0.39, 0.29) is 0 Å². The largest absolute Gasteiger partial charge is 0.480 e. The molecule has 0 radical (unpaired) electrons. The van der Waals surface area contributed by atoms with Crippen molar-refractivity contribution >= 4 is 29.8 Å². The van der Waals surface area contributed by atoms with Gasteiger partial charge in [-0.15, -0.1) is 0 Å². The monoisotopic (exact) mass is 274 g/mol. The van der Waals surface area contributed by atoms with Gasteiger partial charge in [-0.1, -0.05) is 0 Å². The third kappa shape index (κ3) is 2.17. The third-order valence-corrected chi connectivity index (χ3v) is 3.55. The number of rotatable bonds is 5. The van der Waals surface area contributed by atoms with E-state index in [9.17, 15) is 19.5 Å². The Balaban J connectivity index is 2.15. The van der Waals surface area contributed by atoms with Crippen LogP contribution in [-0.2, 0) is 4.79 Å². The van der Waals surface area contributed by atoms with Crippen molar-refractivity contribution in [3.8, 4) is 0 Å². The molecule has 2 aliphatic rings. The number of thioether (sulfide) groups is 1. The van der Waals surface area contributed by atoms with Crippen LogP contribution in [0.1, 0.15) is 6.42 Å². The van der Waals surface area contributed by atoms with E-state index in [4.69, 9.17) is 0 Å². The van der Waals surface area contributed by atoms with Crippen LogP contribution in [-0.4, -0.2) is 58.4 Å². The molecular weight excluding hydrogens is 260 g/mol. The van der Waals surface area contributed by atoms with Crippen LogP contribution in [0.4, 0.5) is 9.59 Å². The molecule has 0 bridgehead atoms. The molecule has 100 valence electrons. The lowest BCUT2D eigenvalue weighted by atomic mass is 10.2. The van der Waals surface area contributed by atoms with Crippen molar-refractivity contribution in [2.24, 2.45) is 0 Å². The molecule has 18 heavy (non-hydrogen) atoms. The molecular formula is C9H14N4O4S. The highest BCUT2D eigenvalue weighted by Gasteiger charge is 2.49. The van der Waals surface area contributed by atoms with E-state index >= 15 is 0 Å². The fourth-order valence-corrected chi connectivity index (χ4v) is 2.56. The molecule has 8 nitrogen and oxygen atoms in total. The molecule has 0 aromatic rings. The zero-order valence-electron chi connectivity index (χ0n) is 9.67. The van der Waals surface area contributed by atoms with Gasteiger partial charge >= 0.3 is 18.0 Å². The van der Waals surface area contributed by atoms with Gasteiger partial charge in [0.1, 0.15) is 18.4 Å². The van der Waals surface area contributed by atoms with Gasteiger partial charge in [0.25, 0.3) is 0 Å². The Kier molecular flexibility index (Phi) is 3.50. The fourth-order valence-electron chi connectivity index (χ4n) is 2.10. The quantitative estimate of drug-likeness (QED) is 0.523. The van der Waals surface area contributed by atoms with E-state index in [1.54, 1.807) is 0 Å². The molecule has 2 rings (SSSR count). The molecule has 2 aliphatic heterocycles. The lowest BCUT2D eigenvalue weighted by Gasteiger charge is -2.27. The van der Waals surface area contributed by atoms with E-state index in [0.717, 1.165) is 0 Å². The summed E-state index contributed by atoms with van der Waals surface area (Å²) in [5.74, 6) is -0.444. The van der Waals surface area contributed by atoms with Crippen molar-refractivity contribution in [2.45, 2.75) is 24.8 Å². The average Bonchev–Trinajstić information content (AvgIpc) is 2.76. The number of hydrogen-bond acceptors (Lipinski definition) is 4. The Morgan fingerprint density at radius 2 is 2.17 bits per heavy atom. The van der Waals surface area contributed by atoms with Gasteiger partial charge in [0.15, 0.2) is 0 Å². The topological polar surface area (TPSA) is 111 Å². The number of carbonyl (C=O) groups excluding carboxylic acids is 2. The van der Waals surface area contributed by atoms with Crippen molar-refractivity contribution in [2.75, 3.05) is 12.0 Å². The highest BCUT2D eigenvalue weighted by molar-refractivity contribution is 7.98. The zero-order valence-corrected chi connectivity index (χ0v) is 10.5. The first kappa shape index (κ1) is 12.8. The molecule has 0 aromatic carbocycles. The smallest absolute Gasteiger partial charge is 0.326 e.